The van der Waals surface area contributed by atoms with Crippen LogP contribution in [-0.4, -0.2) is 30.3 Å². The third-order valence-corrected chi connectivity index (χ3v) is 9.82. The molecule has 0 spiro atoms. The zero-order chi connectivity index (χ0) is 33.3. The molecule has 0 aliphatic carbocycles. The van der Waals surface area contributed by atoms with Crippen molar-refractivity contribution in [3.05, 3.63) is 119 Å². The molecule has 0 radical (unpaired) electrons. The van der Waals surface area contributed by atoms with Crippen LogP contribution in [0.15, 0.2) is 97.1 Å². The first-order chi connectivity index (χ1) is 22.3. The number of pyridine rings is 2. The molecule has 0 saturated heterocycles. The number of aromatic nitrogens is 4. The smallest absolute Gasteiger partial charge is 0.292 e. The molecule has 0 aliphatic heterocycles. The highest BCUT2D eigenvalue weighted by Gasteiger charge is 2.31. The van der Waals surface area contributed by atoms with Gasteiger partial charge in [-0.3, -0.25) is 5.41 Å². The Hall–Kier alpha value is -4.73. The quantitative estimate of drug-likeness (QED) is 0.104. The van der Waals surface area contributed by atoms with E-state index in [-0.39, 0.29) is 15.7 Å². The molecule has 2 aromatic carbocycles. The highest BCUT2D eigenvalue weighted by atomic mass is 32.2. The molecular weight excluding hydrogens is 679 g/mol. The van der Waals surface area contributed by atoms with Gasteiger partial charge in [0.1, 0.15) is 16.4 Å². The van der Waals surface area contributed by atoms with Gasteiger partial charge in [0.25, 0.3) is 5.04 Å². The maximum absolute atomic E-state index is 13.2. The number of alkyl halides is 6. The van der Waals surface area contributed by atoms with Gasteiger partial charge >= 0.3 is 12.4 Å². The summed E-state index contributed by atoms with van der Waals surface area (Å²) >= 11 is 3.50. The van der Waals surface area contributed by atoms with Crippen LogP contribution in [0.5, 0.6) is 0 Å². The van der Waals surface area contributed by atoms with E-state index in [0.29, 0.717) is 43.2 Å². The molecule has 0 atom stereocenters. The van der Waals surface area contributed by atoms with Gasteiger partial charge in [0, 0.05) is 22.9 Å². The van der Waals surface area contributed by atoms with Gasteiger partial charge in [-0.15, -0.1) is 21.5 Å². The van der Waals surface area contributed by atoms with E-state index in [1.807, 2.05) is 0 Å². The van der Waals surface area contributed by atoms with Crippen LogP contribution in [0.2, 0.25) is 0 Å². The van der Waals surface area contributed by atoms with E-state index in [1.54, 1.807) is 54.6 Å². The molecule has 0 aliphatic rings. The molecule has 0 saturated carbocycles. The predicted octanol–water partition coefficient (Wildman–Crippen LogP) is 8.36. The molecule has 0 unspecified atom stereocenters. The third-order valence-electron chi connectivity index (χ3n) is 6.62. The van der Waals surface area contributed by atoms with E-state index in [0.717, 1.165) is 40.9 Å². The Morgan fingerprint density at radius 1 is 0.638 bits per heavy atom. The lowest BCUT2D eigenvalue weighted by Gasteiger charge is -2.09. The summed E-state index contributed by atoms with van der Waals surface area (Å²) in [6, 6.07) is 23.2. The predicted molar refractivity (Wildman–Crippen MR) is 172 cm³/mol. The van der Waals surface area contributed by atoms with Crippen LogP contribution in [0.4, 0.5) is 26.3 Å². The van der Waals surface area contributed by atoms with Crippen molar-refractivity contribution in [1.29, 1.82) is 5.41 Å². The molecule has 4 heterocycles. The average molecular weight is 698 g/mol. The SMILES string of the molecule is N=C(SC(=[NH2+])c1cccc(-c2cccc(C(F)(F)F)c2)n1)c1ccc(-c2nnc(-c3cccc(-c4cccc(C(F)(F)F)c4)n3)s2)s1. The summed E-state index contributed by atoms with van der Waals surface area (Å²) in [4.78, 5) is 10.2. The summed E-state index contributed by atoms with van der Waals surface area (Å²) in [5, 5.41) is 24.7. The lowest BCUT2D eigenvalue weighted by atomic mass is 10.1. The number of thioether (sulfide) groups is 1. The number of nitrogens with one attached hydrogen (secondary N) is 1. The number of thiophene rings is 1. The van der Waals surface area contributed by atoms with E-state index in [9.17, 15) is 26.3 Å². The first-order valence-electron chi connectivity index (χ1n) is 13.5. The van der Waals surface area contributed by atoms with E-state index < -0.39 is 23.5 Å². The summed E-state index contributed by atoms with van der Waals surface area (Å²) in [7, 11) is 0. The molecule has 47 heavy (non-hydrogen) atoms. The highest BCUT2D eigenvalue weighted by Crippen LogP contribution is 2.37. The van der Waals surface area contributed by atoms with Gasteiger partial charge < -0.3 is 0 Å². The van der Waals surface area contributed by atoms with Crippen molar-refractivity contribution in [2.75, 3.05) is 0 Å². The van der Waals surface area contributed by atoms with Gasteiger partial charge in [-0.25, -0.2) is 15.4 Å². The summed E-state index contributed by atoms with van der Waals surface area (Å²) in [6.07, 6.45) is -8.96. The van der Waals surface area contributed by atoms with Crippen molar-refractivity contribution in [2.24, 2.45) is 0 Å². The Labute approximate surface area is 275 Å². The zero-order valence-corrected chi connectivity index (χ0v) is 26.0. The molecule has 0 amide bonds. The van der Waals surface area contributed by atoms with Crippen LogP contribution in [0.1, 0.15) is 21.7 Å². The Bertz CT molecular complexity index is 2120. The number of hydrogen-bond acceptors (Lipinski definition) is 8. The van der Waals surface area contributed by atoms with Crippen molar-refractivity contribution in [1.82, 2.24) is 20.2 Å². The maximum Gasteiger partial charge on any atom is 0.416 e. The van der Waals surface area contributed by atoms with Crippen molar-refractivity contribution in [3.8, 4) is 43.1 Å². The summed E-state index contributed by atoms with van der Waals surface area (Å²) in [5.74, 6) is 0. The van der Waals surface area contributed by atoms with E-state index in [2.05, 4.69) is 20.2 Å². The van der Waals surface area contributed by atoms with Crippen LogP contribution < -0.4 is 5.41 Å². The normalized spacial score (nSPS) is 11.9. The topological polar surface area (TPSA) is 101 Å². The molecule has 4 aromatic heterocycles. The minimum absolute atomic E-state index is 0.130. The van der Waals surface area contributed by atoms with Crippen molar-refractivity contribution >= 4 is 44.5 Å². The number of hydrogen-bond donors (Lipinski definition) is 2. The van der Waals surface area contributed by atoms with Crippen LogP contribution in [0, 0.1) is 5.41 Å². The van der Waals surface area contributed by atoms with Gasteiger partial charge in [-0.2, -0.15) is 26.3 Å². The molecular formula is C32H19F6N6S3+. The minimum atomic E-state index is -4.49. The second-order valence-corrected chi connectivity index (χ2v) is 13.0. The maximum atomic E-state index is 13.2. The fraction of sp³-hybridized carbons (Fsp3) is 0.0625. The fourth-order valence-electron chi connectivity index (χ4n) is 4.37. The standard InChI is InChI=1S/C32H18F6N6S3/c33-31(34,35)19-7-1-5-17(15-19)21-9-3-11-23(41-21)27(39)46-28(40)25-13-14-26(45-25)30-44-43-29(47-30)24-12-4-10-22(42-24)18-6-2-8-20(16-18)32(36,37)38/h1-16,39-40H/p+1. The first kappa shape index (κ1) is 32.2. The van der Waals surface area contributed by atoms with Crippen LogP contribution in [-0.2, 0) is 12.4 Å². The monoisotopic (exact) mass is 697 g/mol. The van der Waals surface area contributed by atoms with Gasteiger partial charge in [-0.05, 0) is 60.7 Å². The molecule has 0 fully saturated rings. The van der Waals surface area contributed by atoms with Crippen molar-refractivity contribution < 1.29 is 31.8 Å². The zero-order valence-electron chi connectivity index (χ0n) is 23.6. The van der Waals surface area contributed by atoms with Gasteiger partial charge in [0.15, 0.2) is 10.0 Å². The second kappa shape index (κ2) is 12.8. The summed E-state index contributed by atoms with van der Waals surface area (Å²) in [6.45, 7) is 0. The largest absolute Gasteiger partial charge is 0.416 e. The average Bonchev–Trinajstić information content (AvgIpc) is 3.75. The highest BCUT2D eigenvalue weighted by molar-refractivity contribution is 8.27. The Kier molecular flexibility index (Phi) is 8.78. The number of nitrogens with zero attached hydrogens (tertiary/aromatic N) is 4. The number of rotatable bonds is 6. The number of nitrogens with two attached hydrogens (primary N) is 1. The first-order valence-corrected chi connectivity index (χ1v) is 15.9. The van der Waals surface area contributed by atoms with Crippen molar-refractivity contribution in [3.63, 3.8) is 0 Å². The second-order valence-electron chi connectivity index (χ2n) is 9.84. The number of halogens is 6. The van der Waals surface area contributed by atoms with Crippen LogP contribution in [0.3, 0.4) is 0 Å². The summed E-state index contributed by atoms with van der Waals surface area (Å²) < 4.78 is 79.2. The third kappa shape index (κ3) is 7.32. The lowest BCUT2D eigenvalue weighted by molar-refractivity contribution is -0.138. The Balaban J connectivity index is 1.16. The lowest BCUT2D eigenvalue weighted by Crippen LogP contribution is -2.39. The van der Waals surface area contributed by atoms with Crippen molar-refractivity contribution in [2.45, 2.75) is 12.4 Å². The van der Waals surface area contributed by atoms with Gasteiger partial charge in [-0.1, -0.05) is 47.7 Å². The van der Waals surface area contributed by atoms with E-state index >= 15 is 0 Å². The fourth-order valence-corrected chi connectivity index (χ4v) is 6.94. The van der Waals surface area contributed by atoms with E-state index in [1.165, 1.54) is 40.9 Å². The molecule has 6 aromatic rings. The summed E-state index contributed by atoms with van der Waals surface area (Å²) in [5.41, 5.74) is 0.488. The Morgan fingerprint density at radius 2 is 1.19 bits per heavy atom. The molecule has 6 rings (SSSR count). The molecule has 15 heteroatoms. The van der Waals surface area contributed by atoms with Crippen LogP contribution in [0.25, 0.3) is 43.1 Å². The molecule has 3 N–H and O–H groups in total. The minimum Gasteiger partial charge on any atom is -0.292 e. The Morgan fingerprint density at radius 3 is 1.83 bits per heavy atom. The van der Waals surface area contributed by atoms with E-state index in [4.69, 9.17) is 10.8 Å². The molecule has 236 valence electrons. The number of benzene rings is 2. The van der Waals surface area contributed by atoms with Crippen LogP contribution >= 0.6 is 34.4 Å². The van der Waals surface area contributed by atoms with Gasteiger partial charge in [0.05, 0.1) is 32.3 Å². The van der Waals surface area contributed by atoms with Gasteiger partial charge in [0.2, 0.25) is 0 Å². The molecule has 0 bridgehead atoms. The molecule has 6 nitrogen and oxygen atoms in total.